The van der Waals surface area contributed by atoms with Crippen molar-refractivity contribution in [3.63, 3.8) is 0 Å². The van der Waals surface area contributed by atoms with Gasteiger partial charge >= 0.3 is 18.1 Å². The van der Waals surface area contributed by atoms with Crippen LogP contribution in [0.5, 0.6) is 23.0 Å². The van der Waals surface area contributed by atoms with E-state index in [0.717, 1.165) is 48.4 Å². The molecule has 3 heterocycles. The second kappa shape index (κ2) is 15.5. The first-order valence-electron chi connectivity index (χ1n) is 18.2. The molecule has 3 aromatic carbocycles. The Morgan fingerprint density at radius 3 is 2.39 bits per heavy atom. The van der Waals surface area contributed by atoms with Gasteiger partial charge in [-0.3, -0.25) is 9.69 Å². The van der Waals surface area contributed by atoms with Gasteiger partial charge in [0, 0.05) is 55.5 Å². The Labute approximate surface area is 314 Å². The minimum absolute atomic E-state index is 0.0104. The van der Waals surface area contributed by atoms with Gasteiger partial charge in [-0.05, 0) is 85.0 Å². The Balaban J connectivity index is 1.05. The molecule has 7 rings (SSSR count). The number of fused-ring (bicyclic) bond motifs is 6. The zero-order chi connectivity index (χ0) is 38.1. The van der Waals surface area contributed by atoms with E-state index in [1.807, 2.05) is 55.4 Å². The summed E-state index contributed by atoms with van der Waals surface area (Å²) in [4.78, 5) is 47.9. The van der Waals surface area contributed by atoms with Crippen molar-refractivity contribution in [1.82, 2.24) is 9.88 Å². The Hall–Kier alpha value is -5.43. The molecule has 5 unspecified atom stereocenters. The average Bonchev–Trinajstić information content (AvgIpc) is 3.57. The lowest BCUT2D eigenvalue weighted by Crippen LogP contribution is -2.52. The second-order valence-corrected chi connectivity index (χ2v) is 14.4. The van der Waals surface area contributed by atoms with E-state index in [9.17, 15) is 14.4 Å². The number of rotatable bonds is 10. The molecule has 0 bridgehead atoms. The Morgan fingerprint density at radius 1 is 0.907 bits per heavy atom. The highest BCUT2D eigenvalue weighted by Gasteiger charge is 2.49. The minimum Gasteiger partial charge on any atom is -0.497 e. The summed E-state index contributed by atoms with van der Waals surface area (Å²) in [5, 5.41) is 1.21. The van der Waals surface area contributed by atoms with Crippen molar-refractivity contribution in [3.05, 3.63) is 77.0 Å². The van der Waals surface area contributed by atoms with E-state index in [1.54, 1.807) is 7.11 Å². The third kappa shape index (κ3) is 7.24. The number of carbonyl (C=O) groups excluding carboxylic acids is 3. The van der Waals surface area contributed by atoms with Gasteiger partial charge in [0.25, 0.3) is 0 Å². The Kier molecular flexibility index (Phi) is 10.6. The van der Waals surface area contributed by atoms with E-state index in [2.05, 4.69) is 16.0 Å². The Morgan fingerprint density at radius 2 is 1.69 bits per heavy atom. The first kappa shape index (κ1) is 36.9. The number of carbonyl (C=O) groups is 3. The van der Waals surface area contributed by atoms with Gasteiger partial charge in [-0.2, -0.15) is 0 Å². The van der Waals surface area contributed by atoms with Crippen LogP contribution in [-0.4, -0.2) is 89.7 Å². The zero-order valence-corrected chi connectivity index (χ0v) is 31.5. The fourth-order valence-electron chi connectivity index (χ4n) is 8.55. The predicted molar refractivity (Wildman–Crippen MR) is 200 cm³/mol. The number of hydrogen-bond acceptors (Lipinski definition) is 12. The van der Waals surface area contributed by atoms with Crippen molar-refractivity contribution in [1.29, 1.82) is 0 Å². The van der Waals surface area contributed by atoms with Crippen LogP contribution >= 0.6 is 0 Å². The third-order valence-corrected chi connectivity index (χ3v) is 11.2. The fourth-order valence-corrected chi connectivity index (χ4v) is 8.55. The fraction of sp³-hybridized carbons (Fsp3) is 0.439. The third-order valence-electron chi connectivity index (χ3n) is 11.2. The maximum atomic E-state index is 13.7. The number of benzene rings is 3. The van der Waals surface area contributed by atoms with Crippen molar-refractivity contribution in [2.24, 2.45) is 17.8 Å². The van der Waals surface area contributed by atoms with Crippen molar-refractivity contribution in [3.8, 4) is 23.0 Å². The molecule has 2 fully saturated rings. The summed E-state index contributed by atoms with van der Waals surface area (Å²) in [6.07, 6.45) is 1.19. The quantitative estimate of drug-likeness (QED) is 0.111. The molecule has 1 aliphatic carbocycles. The second-order valence-electron chi connectivity index (χ2n) is 14.4. The number of esters is 2. The molecule has 286 valence electrons. The first-order chi connectivity index (χ1) is 26.1. The molecule has 1 N–H and O–H groups in total. The molecule has 0 amide bonds. The molecule has 13 heteroatoms. The molecule has 2 aliphatic heterocycles. The highest BCUT2D eigenvalue weighted by Crippen LogP contribution is 2.50. The van der Waals surface area contributed by atoms with Crippen LogP contribution in [0.3, 0.4) is 0 Å². The van der Waals surface area contributed by atoms with Crippen LogP contribution in [0, 0.1) is 17.8 Å². The maximum Gasteiger partial charge on any atom is 0.514 e. The number of nitrogens with zero attached hydrogens (tertiary/aromatic N) is 2. The lowest BCUT2D eigenvalue weighted by atomic mass is 9.65. The molecule has 13 nitrogen and oxygen atoms in total. The zero-order valence-electron chi connectivity index (χ0n) is 31.5. The molecule has 0 spiro atoms. The monoisotopic (exact) mass is 741 g/mol. The van der Waals surface area contributed by atoms with E-state index in [1.165, 1.54) is 50.1 Å². The molecular formula is C41H47N3O10. The van der Waals surface area contributed by atoms with Crippen LogP contribution in [-0.2, 0) is 32.0 Å². The highest BCUT2D eigenvalue weighted by atomic mass is 16.7. The van der Waals surface area contributed by atoms with E-state index in [0.29, 0.717) is 12.8 Å². The number of aromatic amines is 1. The van der Waals surface area contributed by atoms with E-state index in [-0.39, 0.29) is 53.3 Å². The minimum atomic E-state index is -0.966. The van der Waals surface area contributed by atoms with Crippen molar-refractivity contribution in [2.45, 2.75) is 44.4 Å². The van der Waals surface area contributed by atoms with Gasteiger partial charge in [0.2, 0.25) is 5.75 Å². The number of piperidine rings is 1. The van der Waals surface area contributed by atoms with Crippen LogP contribution in [0.25, 0.3) is 10.9 Å². The molecule has 1 saturated carbocycles. The summed E-state index contributed by atoms with van der Waals surface area (Å²) in [5.74, 6) is -0.209. The Bertz CT molecular complexity index is 2020. The number of nitrogens with one attached hydrogen (secondary N) is 1. The average molecular weight is 742 g/mol. The molecule has 1 aromatic heterocycles. The summed E-state index contributed by atoms with van der Waals surface area (Å²) in [6.45, 7) is 1.67. The summed E-state index contributed by atoms with van der Waals surface area (Å²) in [5.41, 5.74) is 5.48. The van der Waals surface area contributed by atoms with Gasteiger partial charge in [-0.15, -0.1) is 0 Å². The first-order valence-corrected chi connectivity index (χ1v) is 18.2. The molecular weight excluding hydrogens is 694 g/mol. The lowest BCUT2D eigenvalue weighted by molar-refractivity contribution is -0.155. The number of methoxy groups -OCH3 is 4. The molecule has 1 saturated heterocycles. The largest absolute Gasteiger partial charge is 0.514 e. The van der Waals surface area contributed by atoms with Crippen LogP contribution in [0.2, 0.25) is 0 Å². The van der Waals surface area contributed by atoms with Crippen LogP contribution < -0.4 is 23.8 Å². The summed E-state index contributed by atoms with van der Waals surface area (Å²) in [6, 6.07) is 16.7. The SMILES string of the molecule is COC(=O)C1CC(OC(=O)c2cc(OC)c(OC(=O)OCc3cccc(N(C)C)c3)c(OC)c2)CC2CN3CCc4c([nH]c5cc(OC)ccc45)C3CC21. The van der Waals surface area contributed by atoms with Gasteiger partial charge in [0.05, 0.1) is 46.0 Å². The molecule has 3 aliphatic rings. The van der Waals surface area contributed by atoms with Gasteiger partial charge < -0.3 is 43.0 Å². The molecule has 54 heavy (non-hydrogen) atoms. The van der Waals surface area contributed by atoms with Crippen molar-refractivity contribution in [2.75, 3.05) is 60.5 Å². The number of ether oxygens (including phenoxy) is 7. The van der Waals surface area contributed by atoms with E-state index in [4.69, 9.17) is 33.2 Å². The smallest absolute Gasteiger partial charge is 0.497 e. The maximum absolute atomic E-state index is 13.7. The van der Waals surface area contributed by atoms with E-state index < -0.39 is 24.1 Å². The molecule has 0 radical (unpaired) electrons. The van der Waals surface area contributed by atoms with E-state index >= 15 is 0 Å². The summed E-state index contributed by atoms with van der Waals surface area (Å²) < 4.78 is 38.8. The number of aromatic nitrogens is 1. The van der Waals surface area contributed by atoms with Crippen LogP contribution in [0.1, 0.15) is 52.5 Å². The number of H-pyrrole nitrogens is 1. The summed E-state index contributed by atoms with van der Waals surface area (Å²) >= 11 is 0. The number of anilines is 1. The van der Waals surface area contributed by atoms with Crippen LogP contribution in [0.4, 0.5) is 10.5 Å². The predicted octanol–water partition coefficient (Wildman–Crippen LogP) is 6.32. The van der Waals surface area contributed by atoms with Crippen LogP contribution in [0.15, 0.2) is 54.6 Å². The molecule has 4 aromatic rings. The van der Waals surface area contributed by atoms with Gasteiger partial charge in [0.1, 0.15) is 18.5 Å². The number of hydrogen-bond donors (Lipinski definition) is 1. The van der Waals surface area contributed by atoms with Gasteiger partial charge in [-0.25, -0.2) is 9.59 Å². The molecule has 5 atom stereocenters. The van der Waals surface area contributed by atoms with Gasteiger partial charge in [-0.1, -0.05) is 12.1 Å². The lowest BCUT2D eigenvalue weighted by Gasteiger charge is -2.51. The highest BCUT2D eigenvalue weighted by molar-refractivity contribution is 5.91. The topological polar surface area (TPSA) is 138 Å². The van der Waals surface area contributed by atoms with Gasteiger partial charge in [0.15, 0.2) is 11.5 Å². The summed E-state index contributed by atoms with van der Waals surface area (Å²) in [7, 11) is 9.71. The van der Waals surface area contributed by atoms with Crippen molar-refractivity contribution >= 4 is 34.7 Å². The normalized spacial score (nSPS) is 21.9. The van der Waals surface area contributed by atoms with Crippen molar-refractivity contribution < 1.29 is 47.5 Å². The standard InChI is InChI=1S/C41H47N3O10/c1-43(2)26-9-7-8-23(14-26)22-52-41(47)54-38-35(49-4)16-24(17-36(38)50-5)39(45)53-28-15-25-21-44-13-12-30-29-11-10-27(48-3)19-33(29)42-37(30)34(44)20-31(25)32(18-28)40(46)51-6/h7-11,14,16-17,19,25,28,31-32,34,42H,12-13,15,18,20-22H2,1-6H3.